The zero-order chi connectivity index (χ0) is 14.5. The first-order valence-electron chi connectivity index (χ1n) is 8.36. The minimum atomic E-state index is 0.283. The number of aromatic nitrogens is 2. The van der Waals surface area contributed by atoms with Crippen LogP contribution in [0.15, 0.2) is 24.5 Å². The van der Waals surface area contributed by atoms with E-state index in [1.54, 1.807) is 0 Å². The lowest BCUT2D eigenvalue weighted by Crippen LogP contribution is -2.36. The Labute approximate surface area is 127 Å². The van der Waals surface area contributed by atoms with Crippen molar-refractivity contribution >= 4 is 0 Å². The van der Waals surface area contributed by atoms with Gasteiger partial charge < -0.3 is 14.6 Å². The molecule has 0 bridgehead atoms. The fourth-order valence-electron chi connectivity index (χ4n) is 3.68. The molecule has 0 spiro atoms. The van der Waals surface area contributed by atoms with Gasteiger partial charge in [0.1, 0.15) is 5.82 Å². The molecule has 1 fully saturated rings. The van der Waals surface area contributed by atoms with Gasteiger partial charge in [0.15, 0.2) is 0 Å². The summed E-state index contributed by atoms with van der Waals surface area (Å²) in [6.07, 6.45) is 14.8. The van der Waals surface area contributed by atoms with Crippen molar-refractivity contribution in [3.05, 3.63) is 30.4 Å². The molecule has 1 saturated heterocycles. The van der Waals surface area contributed by atoms with Gasteiger partial charge in [-0.2, -0.15) is 0 Å². The Balaban J connectivity index is 1.56. The maximum atomic E-state index is 9.01. The first-order valence-corrected chi connectivity index (χ1v) is 8.36. The number of likely N-dealkylation sites (tertiary alicyclic amines) is 1. The maximum absolute atomic E-state index is 9.01. The van der Waals surface area contributed by atoms with Crippen molar-refractivity contribution in [3.8, 4) is 0 Å². The highest BCUT2D eigenvalue weighted by Crippen LogP contribution is 2.29. The smallest absolute Gasteiger partial charge is 0.112 e. The van der Waals surface area contributed by atoms with Gasteiger partial charge in [0.25, 0.3) is 0 Å². The van der Waals surface area contributed by atoms with Crippen molar-refractivity contribution in [1.82, 2.24) is 14.5 Å². The third-order valence-electron chi connectivity index (χ3n) is 4.96. The van der Waals surface area contributed by atoms with E-state index in [4.69, 9.17) is 5.11 Å². The predicted octanol–water partition coefficient (Wildman–Crippen LogP) is 2.41. The zero-order valence-electron chi connectivity index (χ0n) is 12.8. The van der Waals surface area contributed by atoms with Gasteiger partial charge in [-0.15, -0.1) is 0 Å². The number of hydrogen-bond acceptors (Lipinski definition) is 3. The number of nitrogens with zero attached hydrogens (tertiary/aromatic N) is 3. The van der Waals surface area contributed by atoms with Gasteiger partial charge in [0.2, 0.25) is 0 Å². The maximum Gasteiger partial charge on any atom is 0.112 e. The van der Waals surface area contributed by atoms with Crippen molar-refractivity contribution in [2.24, 2.45) is 5.92 Å². The summed E-state index contributed by atoms with van der Waals surface area (Å²) in [4.78, 5) is 7.01. The van der Waals surface area contributed by atoms with Crippen LogP contribution in [0.2, 0.25) is 0 Å². The Bertz CT molecular complexity index is 460. The van der Waals surface area contributed by atoms with E-state index in [9.17, 15) is 0 Å². The second-order valence-corrected chi connectivity index (χ2v) is 6.43. The second kappa shape index (κ2) is 7.23. The second-order valence-electron chi connectivity index (χ2n) is 6.43. The number of piperidine rings is 1. The summed E-state index contributed by atoms with van der Waals surface area (Å²) in [5.74, 6) is 2.66. The SMILES string of the molecule is OCCN1CCC(Cn2ccnc2[C@@H]2CC=CCC2)CC1. The minimum absolute atomic E-state index is 0.283. The van der Waals surface area contributed by atoms with Crippen LogP contribution in [0, 0.1) is 5.92 Å². The van der Waals surface area contributed by atoms with E-state index in [1.807, 2.05) is 6.20 Å². The largest absolute Gasteiger partial charge is 0.395 e. The average Bonchev–Trinajstić information content (AvgIpc) is 2.98. The van der Waals surface area contributed by atoms with Gasteiger partial charge in [-0.3, -0.25) is 0 Å². The number of aliphatic hydroxyl groups is 1. The first kappa shape index (κ1) is 14.8. The predicted molar refractivity (Wildman–Crippen MR) is 84.2 cm³/mol. The minimum Gasteiger partial charge on any atom is -0.395 e. The van der Waals surface area contributed by atoms with Crippen LogP contribution in [0.25, 0.3) is 0 Å². The van der Waals surface area contributed by atoms with Crippen LogP contribution in [-0.2, 0) is 6.54 Å². The molecule has 2 heterocycles. The molecule has 1 aliphatic heterocycles. The fourth-order valence-corrected chi connectivity index (χ4v) is 3.68. The van der Waals surface area contributed by atoms with Crippen molar-refractivity contribution < 1.29 is 5.11 Å². The highest BCUT2D eigenvalue weighted by atomic mass is 16.3. The lowest BCUT2D eigenvalue weighted by molar-refractivity contribution is 0.141. The molecule has 1 N–H and O–H groups in total. The summed E-state index contributed by atoms with van der Waals surface area (Å²) < 4.78 is 2.40. The molecule has 0 radical (unpaired) electrons. The van der Waals surface area contributed by atoms with Gasteiger partial charge in [0, 0.05) is 31.4 Å². The highest BCUT2D eigenvalue weighted by Gasteiger charge is 2.22. The molecular formula is C17H27N3O. The van der Waals surface area contributed by atoms with Crippen LogP contribution in [-0.4, -0.2) is 45.8 Å². The number of imidazole rings is 1. The molecule has 0 amide bonds. The van der Waals surface area contributed by atoms with Crippen LogP contribution in [0.5, 0.6) is 0 Å². The lowest BCUT2D eigenvalue weighted by atomic mass is 9.92. The van der Waals surface area contributed by atoms with E-state index in [0.717, 1.165) is 38.5 Å². The van der Waals surface area contributed by atoms with Gasteiger partial charge in [-0.1, -0.05) is 12.2 Å². The van der Waals surface area contributed by atoms with Crippen LogP contribution in [0.1, 0.15) is 43.8 Å². The van der Waals surface area contributed by atoms with E-state index < -0.39 is 0 Å². The zero-order valence-corrected chi connectivity index (χ0v) is 12.8. The first-order chi connectivity index (χ1) is 10.4. The third kappa shape index (κ3) is 3.74. The topological polar surface area (TPSA) is 41.3 Å². The van der Waals surface area contributed by atoms with E-state index in [-0.39, 0.29) is 6.61 Å². The molecule has 1 aromatic heterocycles. The summed E-state index contributed by atoms with van der Waals surface area (Å²) in [6, 6.07) is 0. The number of aliphatic hydroxyl groups excluding tert-OH is 1. The number of rotatable bonds is 5. The number of β-amino-alcohol motifs (C(OH)–C–C–N with tert-alkyl or cyclic N) is 1. The molecule has 116 valence electrons. The van der Waals surface area contributed by atoms with Crippen LogP contribution >= 0.6 is 0 Å². The molecule has 4 nitrogen and oxygen atoms in total. The summed E-state index contributed by atoms with van der Waals surface area (Å²) >= 11 is 0. The number of hydrogen-bond donors (Lipinski definition) is 1. The number of allylic oxidation sites excluding steroid dienone is 2. The van der Waals surface area contributed by atoms with Crippen molar-refractivity contribution in [1.29, 1.82) is 0 Å². The van der Waals surface area contributed by atoms with Crippen molar-refractivity contribution in [2.45, 2.75) is 44.6 Å². The Hall–Kier alpha value is -1.13. The van der Waals surface area contributed by atoms with E-state index in [2.05, 4.69) is 32.8 Å². The summed E-state index contributed by atoms with van der Waals surface area (Å²) in [5.41, 5.74) is 0. The monoisotopic (exact) mass is 289 g/mol. The fraction of sp³-hybridized carbons (Fsp3) is 0.706. The van der Waals surface area contributed by atoms with Gasteiger partial charge in [-0.25, -0.2) is 4.98 Å². The van der Waals surface area contributed by atoms with Gasteiger partial charge in [0.05, 0.1) is 6.61 Å². The van der Waals surface area contributed by atoms with Gasteiger partial charge in [-0.05, 0) is 51.1 Å². The average molecular weight is 289 g/mol. The molecule has 0 saturated carbocycles. The van der Waals surface area contributed by atoms with Crippen LogP contribution < -0.4 is 0 Å². The molecule has 4 heteroatoms. The highest BCUT2D eigenvalue weighted by molar-refractivity contribution is 5.07. The van der Waals surface area contributed by atoms with E-state index in [0.29, 0.717) is 5.92 Å². The van der Waals surface area contributed by atoms with Crippen LogP contribution in [0.4, 0.5) is 0 Å². The van der Waals surface area contributed by atoms with E-state index >= 15 is 0 Å². The lowest BCUT2D eigenvalue weighted by Gasteiger charge is -2.32. The summed E-state index contributed by atoms with van der Waals surface area (Å²) in [7, 11) is 0. The normalized spacial score (nSPS) is 24.5. The summed E-state index contributed by atoms with van der Waals surface area (Å²) in [6.45, 7) is 4.48. The molecule has 21 heavy (non-hydrogen) atoms. The van der Waals surface area contributed by atoms with Gasteiger partial charge >= 0.3 is 0 Å². The van der Waals surface area contributed by atoms with Crippen LogP contribution in [0.3, 0.4) is 0 Å². The Morgan fingerprint density at radius 3 is 2.76 bits per heavy atom. The third-order valence-corrected chi connectivity index (χ3v) is 4.96. The molecule has 1 aromatic rings. The Morgan fingerprint density at radius 2 is 2.05 bits per heavy atom. The molecule has 3 rings (SSSR count). The Kier molecular flexibility index (Phi) is 5.09. The van der Waals surface area contributed by atoms with E-state index in [1.165, 1.54) is 31.5 Å². The molecule has 0 aromatic carbocycles. The molecule has 0 unspecified atom stereocenters. The Morgan fingerprint density at radius 1 is 1.19 bits per heavy atom. The quantitative estimate of drug-likeness (QED) is 0.846. The molecular weight excluding hydrogens is 262 g/mol. The molecule has 2 aliphatic rings. The standard InChI is InChI=1S/C17H27N3O/c21-13-12-19-9-6-15(7-10-19)14-20-11-8-18-17(20)16-4-2-1-3-5-16/h1-2,8,11,15-16,21H,3-7,9-10,12-14H2/t16-/m1/s1. The molecule has 1 atom stereocenters. The van der Waals surface area contributed by atoms with Crippen molar-refractivity contribution in [2.75, 3.05) is 26.2 Å². The molecule has 1 aliphatic carbocycles. The summed E-state index contributed by atoms with van der Waals surface area (Å²) in [5, 5.41) is 9.01. The van der Waals surface area contributed by atoms with Crippen molar-refractivity contribution in [3.63, 3.8) is 0 Å².